The molecule has 0 saturated carbocycles. The van der Waals surface area contributed by atoms with E-state index in [1.807, 2.05) is 46.6 Å². The molecule has 1 amide bonds. The highest BCUT2D eigenvalue weighted by molar-refractivity contribution is 6.00. The largest absolute Gasteiger partial charge is 0.478 e. The number of fused-ring (bicyclic) bond motifs is 3. The summed E-state index contributed by atoms with van der Waals surface area (Å²) in [6, 6.07) is 3.23. The van der Waals surface area contributed by atoms with Crippen LogP contribution in [0.15, 0.2) is 12.1 Å². The maximum absolute atomic E-state index is 12.4. The Bertz CT molecular complexity index is 787. The number of benzene rings is 1. The Kier molecular flexibility index (Phi) is 6.77. The number of amides is 1. The molecule has 1 aromatic rings. The number of nitrogens with zero attached hydrogens (tertiary/aromatic N) is 3. The number of aldehydes is 1. The first-order valence-electron chi connectivity index (χ1n) is 9.93. The van der Waals surface area contributed by atoms with Crippen LogP contribution in [0.2, 0.25) is 0 Å². The number of hydrogen-bond donors (Lipinski definition) is 1. The van der Waals surface area contributed by atoms with Crippen molar-refractivity contribution in [2.75, 3.05) is 43.0 Å². The van der Waals surface area contributed by atoms with Gasteiger partial charge in [0, 0.05) is 38.8 Å². The van der Waals surface area contributed by atoms with Crippen molar-refractivity contribution < 1.29 is 24.2 Å². The van der Waals surface area contributed by atoms with E-state index in [1.54, 1.807) is 17.0 Å². The van der Waals surface area contributed by atoms with Crippen molar-refractivity contribution in [3.63, 3.8) is 0 Å². The molecule has 29 heavy (non-hydrogen) atoms. The summed E-state index contributed by atoms with van der Waals surface area (Å²) in [6.45, 7) is 11.8. The molecule has 0 radical (unpaired) electrons. The summed E-state index contributed by atoms with van der Waals surface area (Å²) in [5, 5.41) is 9.36. The standard InChI is InChI=1S/C19H25N3O5.C2H6/c1-19(2,3)27-18(26)21-5-6-22-13(10-21)9-20(4)15-8-14(17(24)25)12(11-23)7-16(15)22;1-2/h7-8,11,13H,5-6,9-10H2,1-4H3,(H,24,25);1-2H3. The number of likely N-dealkylation sites (N-methyl/N-ethyl adjacent to an activating group) is 1. The SMILES string of the molecule is CC.CN1CC2CN(C(=O)OC(C)(C)C)CCN2c2cc(C=O)c(C(=O)O)cc21. The molecule has 8 nitrogen and oxygen atoms in total. The molecule has 2 aliphatic heterocycles. The third-order valence-corrected chi connectivity index (χ3v) is 4.84. The highest BCUT2D eigenvalue weighted by Crippen LogP contribution is 2.38. The summed E-state index contributed by atoms with van der Waals surface area (Å²) >= 11 is 0. The number of aromatic carboxylic acids is 1. The van der Waals surface area contributed by atoms with Gasteiger partial charge in [0.25, 0.3) is 0 Å². The molecule has 1 atom stereocenters. The lowest BCUT2D eigenvalue weighted by Crippen LogP contribution is -2.60. The third-order valence-electron chi connectivity index (χ3n) is 4.84. The Labute approximate surface area is 172 Å². The lowest BCUT2D eigenvalue weighted by molar-refractivity contribution is 0.0215. The topological polar surface area (TPSA) is 90.4 Å². The van der Waals surface area contributed by atoms with Crippen molar-refractivity contribution in [2.45, 2.75) is 46.3 Å². The van der Waals surface area contributed by atoms with Gasteiger partial charge >= 0.3 is 12.1 Å². The molecular weight excluding hydrogens is 374 g/mol. The molecule has 1 N–H and O–H groups in total. The lowest BCUT2D eigenvalue weighted by Gasteiger charge is -2.48. The quantitative estimate of drug-likeness (QED) is 0.756. The molecule has 2 heterocycles. The van der Waals surface area contributed by atoms with Crippen LogP contribution in [0.1, 0.15) is 55.3 Å². The van der Waals surface area contributed by atoms with Gasteiger partial charge < -0.3 is 24.5 Å². The summed E-state index contributed by atoms with van der Waals surface area (Å²) in [5.74, 6) is -1.12. The molecule has 1 saturated heterocycles. The lowest BCUT2D eigenvalue weighted by atomic mass is 9.99. The number of piperazine rings is 1. The summed E-state index contributed by atoms with van der Waals surface area (Å²) in [6.07, 6.45) is 0.245. The molecule has 1 aromatic carbocycles. The number of anilines is 2. The summed E-state index contributed by atoms with van der Waals surface area (Å²) in [5.41, 5.74) is 1.21. The Morgan fingerprint density at radius 1 is 1.14 bits per heavy atom. The van der Waals surface area contributed by atoms with Crippen molar-refractivity contribution in [2.24, 2.45) is 0 Å². The molecule has 1 fully saturated rings. The number of carboxylic acid groups (broad SMARTS) is 1. The average Bonchev–Trinajstić information content (AvgIpc) is 2.66. The number of carboxylic acids is 1. The molecule has 3 rings (SSSR count). The zero-order valence-corrected chi connectivity index (χ0v) is 18.1. The second-order valence-electron chi connectivity index (χ2n) is 8.01. The van der Waals surface area contributed by atoms with Crippen LogP contribution in [0.5, 0.6) is 0 Å². The van der Waals surface area contributed by atoms with Crippen molar-refractivity contribution in [1.29, 1.82) is 0 Å². The molecule has 8 heteroatoms. The van der Waals surface area contributed by atoms with Crippen LogP contribution in [0.25, 0.3) is 0 Å². The van der Waals surface area contributed by atoms with Gasteiger partial charge in [-0.3, -0.25) is 4.79 Å². The number of ether oxygens (including phenoxy) is 1. The van der Waals surface area contributed by atoms with Crippen molar-refractivity contribution in [1.82, 2.24) is 4.90 Å². The fourth-order valence-electron chi connectivity index (χ4n) is 3.65. The number of hydrogen-bond acceptors (Lipinski definition) is 6. The van der Waals surface area contributed by atoms with E-state index in [1.165, 1.54) is 0 Å². The van der Waals surface area contributed by atoms with Crippen LogP contribution in [0, 0.1) is 0 Å². The Balaban J connectivity index is 0.00000145. The van der Waals surface area contributed by atoms with Gasteiger partial charge in [0.15, 0.2) is 6.29 Å². The fraction of sp³-hybridized carbons (Fsp3) is 0.571. The Hall–Kier alpha value is -2.77. The van der Waals surface area contributed by atoms with Crippen LogP contribution in [-0.2, 0) is 4.74 Å². The van der Waals surface area contributed by atoms with Gasteiger partial charge in [-0.25, -0.2) is 9.59 Å². The van der Waals surface area contributed by atoms with E-state index in [0.29, 0.717) is 32.5 Å². The second kappa shape index (κ2) is 8.71. The Morgan fingerprint density at radius 2 is 1.79 bits per heavy atom. The average molecular weight is 405 g/mol. The molecule has 1 unspecified atom stereocenters. The number of carbonyl (C=O) groups excluding carboxylic acids is 2. The Morgan fingerprint density at radius 3 is 2.34 bits per heavy atom. The van der Waals surface area contributed by atoms with Crippen molar-refractivity contribution in [3.8, 4) is 0 Å². The van der Waals surface area contributed by atoms with E-state index in [-0.39, 0.29) is 23.3 Å². The van der Waals surface area contributed by atoms with Crippen molar-refractivity contribution in [3.05, 3.63) is 23.3 Å². The van der Waals surface area contributed by atoms with Gasteiger partial charge in [-0.1, -0.05) is 13.8 Å². The van der Waals surface area contributed by atoms with Gasteiger partial charge in [-0.15, -0.1) is 0 Å². The summed E-state index contributed by atoms with van der Waals surface area (Å²) in [7, 11) is 1.88. The molecule has 0 spiro atoms. The highest BCUT2D eigenvalue weighted by Gasteiger charge is 2.37. The zero-order chi connectivity index (χ0) is 21.9. The van der Waals surface area contributed by atoms with E-state index < -0.39 is 11.6 Å². The minimum Gasteiger partial charge on any atom is -0.478 e. The van der Waals surface area contributed by atoms with E-state index >= 15 is 0 Å². The molecule has 160 valence electrons. The fourth-order valence-corrected chi connectivity index (χ4v) is 3.65. The van der Waals surface area contributed by atoms with E-state index in [0.717, 1.165) is 11.4 Å². The first-order chi connectivity index (χ1) is 13.6. The molecule has 2 aliphatic rings. The van der Waals surface area contributed by atoms with Crippen molar-refractivity contribution >= 4 is 29.7 Å². The van der Waals surface area contributed by atoms with E-state index in [2.05, 4.69) is 4.90 Å². The molecule has 0 bridgehead atoms. The zero-order valence-electron chi connectivity index (χ0n) is 18.1. The molecule has 0 aromatic heterocycles. The third kappa shape index (κ3) is 4.81. The maximum atomic E-state index is 12.4. The van der Waals surface area contributed by atoms with Gasteiger partial charge in [0.2, 0.25) is 0 Å². The minimum atomic E-state index is -1.12. The predicted octanol–water partition coefficient (Wildman–Crippen LogP) is 3.10. The maximum Gasteiger partial charge on any atom is 0.410 e. The van der Waals surface area contributed by atoms with Crippen LogP contribution in [0.4, 0.5) is 16.2 Å². The first-order valence-corrected chi connectivity index (χ1v) is 9.93. The monoisotopic (exact) mass is 405 g/mol. The highest BCUT2D eigenvalue weighted by atomic mass is 16.6. The summed E-state index contributed by atoms with van der Waals surface area (Å²) in [4.78, 5) is 41.0. The number of carbonyl (C=O) groups is 3. The molecular formula is C21H31N3O5. The minimum absolute atomic E-state index is 0.00133. The van der Waals surface area contributed by atoms with E-state index in [4.69, 9.17) is 4.74 Å². The van der Waals surface area contributed by atoms with Crippen LogP contribution >= 0.6 is 0 Å². The van der Waals surface area contributed by atoms with Gasteiger partial charge in [0.1, 0.15) is 5.60 Å². The first kappa shape index (κ1) is 22.5. The normalized spacial score (nSPS) is 18.1. The van der Waals surface area contributed by atoms with E-state index in [9.17, 15) is 19.5 Å². The smallest absolute Gasteiger partial charge is 0.410 e. The number of rotatable bonds is 2. The van der Waals surface area contributed by atoms with Gasteiger partial charge in [0.05, 0.1) is 23.0 Å². The molecule has 0 aliphatic carbocycles. The van der Waals surface area contributed by atoms with Crippen LogP contribution in [-0.4, -0.2) is 73.2 Å². The van der Waals surface area contributed by atoms with Crippen LogP contribution < -0.4 is 9.80 Å². The second-order valence-corrected chi connectivity index (χ2v) is 8.01. The predicted molar refractivity (Wildman–Crippen MR) is 112 cm³/mol. The summed E-state index contributed by atoms with van der Waals surface area (Å²) < 4.78 is 5.48. The van der Waals surface area contributed by atoms with Gasteiger partial charge in [-0.05, 0) is 32.9 Å². The van der Waals surface area contributed by atoms with Crippen LogP contribution in [0.3, 0.4) is 0 Å². The van der Waals surface area contributed by atoms with Gasteiger partial charge in [-0.2, -0.15) is 0 Å².